The molecule has 1 saturated heterocycles. The van der Waals surface area contributed by atoms with E-state index in [2.05, 4.69) is 27.5 Å². The SMILES string of the molecule is C=CC(=O)N[C@H]1CCOC[C@H]1Nc1ncc2cc(-c3c(C)c(OC)cc(OC)c3C)nc(NCCOC)c2n1. The second kappa shape index (κ2) is 12.7. The summed E-state index contributed by atoms with van der Waals surface area (Å²) in [5.74, 6) is 2.21. The van der Waals surface area contributed by atoms with Crippen LogP contribution in [0.5, 0.6) is 11.5 Å². The number of methoxy groups -OCH3 is 3. The molecule has 0 radical (unpaired) electrons. The van der Waals surface area contributed by atoms with Gasteiger partial charge in [0.1, 0.15) is 17.0 Å². The minimum atomic E-state index is -0.228. The Labute approximate surface area is 228 Å². The molecule has 0 bridgehead atoms. The van der Waals surface area contributed by atoms with Crippen LogP contribution in [0.3, 0.4) is 0 Å². The normalized spacial score (nSPS) is 16.9. The molecule has 1 aromatic carbocycles. The first kappa shape index (κ1) is 28.1. The number of fused-ring (bicyclic) bond motifs is 1. The number of nitrogens with zero attached hydrogens (tertiary/aromatic N) is 3. The standard InChI is InChI=1S/C28H36N6O5/c1-7-24(35)31-19-8-10-39-15-21(19)33-28-30-14-18-12-20(32-27(26(18)34-28)29-9-11-36-4)25-16(2)22(37-5)13-23(38-6)17(25)3/h7,12-14,19,21H,1,8-11,15H2,2-6H3,(H,29,32)(H,31,35)(H,30,33,34)/t19-,21+/m0/s1. The van der Waals surface area contributed by atoms with Crippen LogP contribution >= 0.6 is 0 Å². The number of nitrogens with one attached hydrogen (secondary N) is 3. The summed E-state index contributed by atoms with van der Waals surface area (Å²) in [7, 11) is 4.93. The highest BCUT2D eigenvalue weighted by Gasteiger charge is 2.27. The van der Waals surface area contributed by atoms with Gasteiger partial charge in [-0.25, -0.2) is 15.0 Å². The van der Waals surface area contributed by atoms with Crippen molar-refractivity contribution >= 4 is 28.6 Å². The minimum Gasteiger partial charge on any atom is -0.496 e. The molecular formula is C28H36N6O5. The summed E-state index contributed by atoms with van der Waals surface area (Å²) < 4.78 is 22.1. The fourth-order valence-electron chi connectivity index (χ4n) is 4.76. The molecule has 208 valence electrons. The Kier molecular flexibility index (Phi) is 9.15. The van der Waals surface area contributed by atoms with E-state index >= 15 is 0 Å². The third-order valence-electron chi connectivity index (χ3n) is 6.80. The zero-order chi connectivity index (χ0) is 27.9. The Balaban J connectivity index is 1.76. The summed E-state index contributed by atoms with van der Waals surface area (Å²) in [6.07, 6.45) is 3.70. The molecule has 3 heterocycles. The lowest BCUT2D eigenvalue weighted by atomic mass is 9.97. The van der Waals surface area contributed by atoms with E-state index in [4.69, 9.17) is 28.9 Å². The van der Waals surface area contributed by atoms with Gasteiger partial charge in [-0.3, -0.25) is 4.79 Å². The first-order valence-corrected chi connectivity index (χ1v) is 12.8. The van der Waals surface area contributed by atoms with Crippen molar-refractivity contribution in [2.24, 2.45) is 0 Å². The number of aromatic nitrogens is 3. The van der Waals surface area contributed by atoms with Crippen molar-refractivity contribution in [3.05, 3.63) is 42.1 Å². The predicted molar refractivity (Wildman–Crippen MR) is 151 cm³/mol. The number of rotatable bonds is 11. The van der Waals surface area contributed by atoms with Crippen LogP contribution in [0.4, 0.5) is 11.8 Å². The lowest BCUT2D eigenvalue weighted by Crippen LogP contribution is -2.52. The van der Waals surface area contributed by atoms with Crippen LogP contribution in [-0.2, 0) is 14.3 Å². The van der Waals surface area contributed by atoms with Crippen molar-refractivity contribution in [2.45, 2.75) is 32.4 Å². The van der Waals surface area contributed by atoms with Crippen LogP contribution in [0.15, 0.2) is 31.0 Å². The van der Waals surface area contributed by atoms with Crippen LogP contribution in [0, 0.1) is 13.8 Å². The van der Waals surface area contributed by atoms with E-state index in [1.807, 2.05) is 26.0 Å². The third-order valence-corrected chi connectivity index (χ3v) is 6.80. The van der Waals surface area contributed by atoms with E-state index in [1.165, 1.54) is 6.08 Å². The summed E-state index contributed by atoms with van der Waals surface area (Å²) >= 11 is 0. The molecule has 0 spiro atoms. The van der Waals surface area contributed by atoms with Crippen molar-refractivity contribution in [1.82, 2.24) is 20.3 Å². The van der Waals surface area contributed by atoms with Crippen LogP contribution in [0.1, 0.15) is 17.5 Å². The van der Waals surface area contributed by atoms with Gasteiger partial charge in [-0.15, -0.1) is 0 Å². The lowest BCUT2D eigenvalue weighted by Gasteiger charge is -2.32. The topological polar surface area (TPSA) is 129 Å². The van der Waals surface area contributed by atoms with E-state index in [0.29, 0.717) is 61.6 Å². The van der Waals surface area contributed by atoms with Crippen LogP contribution in [-0.4, -0.2) is 80.6 Å². The average Bonchev–Trinajstić information content (AvgIpc) is 2.94. The maximum atomic E-state index is 11.9. The minimum absolute atomic E-state index is 0.141. The number of anilines is 2. The molecule has 2 aromatic heterocycles. The van der Waals surface area contributed by atoms with Crippen LogP contribution < -0.4 is 25.4 Å². The highest BCUT2D eigenvalue weighted by Crippen LogP contribution is 2.39. The summed E-state index contributed by atoms with van der Waals surface area (Å²) in [6, 6.07) is 3.50. The van der Waals surface area contributed by atoms with Gasteiger partial charge in [-0.1, -0.05) is 6.58 Å². The van der Waals surface area contributed by atoms with Gasteiger partial charge in [0.05, 0.1) is 45.2 Å². The molecule has 1 amide bonds. The molecule has 0 aliphatic carbocycles. The average molecular weight is 537 g/mol. The number of pyridine rings is 1. The van der Waals surface area contributed by atoms with E-state index < -0.39 is 0 Å². The maximum absolute atomic E-state index is 11.9. The lowest BCUT2D eigenvalue weighted by molar-refractivity contribution is -0.117. The van der Waals surface area contributed by atoms with Gasteiger partial charge in [0, 0.05) is 54.6 Å². The summed E-state index contributed by atoms with van der Waals surface area (Å²) in [4.78, 5) is 26.3. The molecule has 0 unspecified atom stereocenters. The fourth-order valence-corrected chi connectivity index (χ4v) is 4.76. The van der Waals surface area contributed by atoms with E-state index in [9.17, 15) is 4.79 Å². The van der Waals surface area contributed by atoms with E-state index in [-0.39, 0.29) is 18.0 Å². The van der Waals surface area contributed by atoms with Crippen molar-refractivity contribution in [3.8, 4) is 22.8 Å². The Bertz CT molecular complexity index is 1320. The maximum Gasteiger partial charge on any atom is 0.243 e. The van der Waals surface area contributed by atoms with Gasteiger partial charge in [0.15, 0.2) is 5.82 Å². The van der Waals surface area contributed by atoms with Gasteiger partial charge >= 0.3 is 0 Å². The highest BCUT2D eigenvalue weighted by molar-refractivity contribution is 5.92. The summed E-state index contributed by atoms with van der Waals surface area (Å²) in [5.41, 5.74) is 4.22. The van der Waals surface area contributed by atoms with Crippen molar-refractivity contribution in [2.75, 3.05) is 58.3 Å². The Morgan fingerprint density at radius 1 is 1.13 bits per heavy atom. The Hall–Kier alpha value is -3.96. The van der Waals surface area contributed by atoms with Crippen molar-refractivity contribution in [1.29, 1.82) is 0 Å². The van der Waals surface area contributed by atoms with Gasteiger partial charge in [0.2, 0.25) is 11.9 Å². The Morgan fingerprint density at radius 2 is 1.87 bits per heavy atom. The molecule has 1 aliphatic heterocycles. The molecule has 2 atom stereocenters. The number of benzene rings is 1. The predicted octanol–water partition coefficient (Wildman–Crippen LogP) is 3.26. The second-order valence-electron chi connectivity index (χ2n) is 9.25. The van der Waals surface area contributed by atoms with E-state index in [0.717, 1.165) is 27.8 Å². The van der Waals surface area contributed by atoms with Crippen LogP contribution in [0.2, 0.25) is 0 Å². The quantitative estimate of drug-likeness (QED) is 0.248. The monoisotopic (exact) mass is 536 g/mol. The molecular weight excluding hydrogens is 500 g/mol. The molecule has 39 heavy (non-hydrogen) atoms. The first-order chi connectivity index (χ1) is 18.9. The first-order valence-electron chi connectivity index (χ1n) is 12.8. The zero-order valence-electron chi connectivity index (χ0n) is 23.1. The third kappa shape index (κ3) is 6.21. The van der Waals surface area contributed by atoms with Gasteiger partial charge in [-0.05, 0) is 32.4 Å². The molecule has 11 nitrogen and oxygen atoms in total. The summed E-state index contributed by atoms with van der Waals surface area (Å²) in [5, 5.41) is 10.5. The molecule has 0 saturated carbocycles. The van der Waals surface area contributed by atoms with Crippen molar-refractivity contribution in [3.63, 3.8) is 0 Å². The highest BCUT2D eigenvalue weighted by atomic mass is 16.5. The number of amides is 1. The largest absolute Gasteiger partial charge is 0.496 e. The number of carbonyl (C=O) groups is 1. The van der Waals surface area contributed by atoms with E-state index in [1.54, 1.807) is 27.5 Å². The van der Waals surface area contributed by atoms with Crippen LogP contribution in [0.25, 0.3) is 22.2 Å². The second-order valence-corrected chi connectivity index (χ2v) is 9.25. The van der Waals surface area contributed by atoms with Crippen molar-refractivity contribution < 1.29 is 23.7 Å². The molecule has 3 N–H and O–H groups in total. The molecule has 3 aromatic rings. The molecule has 1 fully saturated rings. The fraction of sp³-hybridized carbons (Fsp3) is 0.429. The number of hydrogen-bond acceptors (Lipinski definition) is 10. The van der Waals surface area contributed by atoms with Gasteiger partial charge in [0.25, 0.3) is 0 Å². The van der Waals surface area contributed by atoms with Gasteiger partial charge in [-0.2, -0.15) is 0 Å². The number of ether oxygens (including phenoxy) is 4. The smallest absolute Gasteiger partial charge is 0.243 e. The molecule has 1 aliphatic rings. The number of carbonyl (C=O) groups excluding carboxylic acids is 1. The Morgan fingerprint density at radius 3 is 2.54 bits per heavy atom. The molecule has 11 heteroatoms. The zero-order valence-corrected chi connectivity index (χ0v) is 23.1. The molecule has 4 rings (SSSR count). The number of hydrogen-bond donors (Lipinski definition) is 3. The summed E-state index contributed by atoms with van der Waals surface area (Å²) in [6.45, 7) is 9.56. The van der Waals surface area contributed by atoms with Gasteiger partial charge < -0.3 is 34.9 Å².